The lowest BCUT2D eigenvalue weighted by Crippen LogP contribution is -2.46. The summed E-state index contributed by atoms with van der Waals surface area (Å²) in [5.74, 6) is 0.803. The fourth-order valence-corrected chi connectivity index (χ4v) is 2.31. The molecule has 1 N–H and O–H groups in total. The molecule has 1 saturated heterocycles. The number of nitrogens with zero attached hydrogens (tertiary/aromatic N) is 1. The van der Waals surface area contributed by atoms with Crippen LogP contribution in [-0.4, -0.2) is 37.1 Å². The number of likely N-dealkylation sites (N-methyl/N-ethyl adjacent to an activating group) is 1. The molecule has 2 nitrogen and oxygen atoms in total. The lowest BCUT2D eigenvalue weighted by molar-refractivity contribution is 0.130. The maximum atomic E-state index is 3.48. The third-order valence-corrected chi connectivity index (χ3v) is 2.98. The van der Waals surface area contributed by atoms with Gasteiger partial charge < -0.3 is 5.32 Å². The Kier molecular flexibility index (Phi) is 5.49. The Morgan fingerprint density at radius 2 is 2.14 bits per heavy atom. The van der Waals surface area contributed by atoms with Crippen LogP contribution in [0.4, 0.5) is 0 Å². The standard InChI is InChI=1S/C12H26N2/c1-4-13-9-12-7-5-6-8-14(12)10-11(2)3/h11-13H,4-10H2,1-3H3. The maximum Gasteiger partial charge on any atom is 0.0220 e. The van der Waals surface area contributed by atoms with Crippen molar-refractivity contribution in [3.63, 3.8) is 0 Å². The van der Waals surface area contributed by atoms with Crippen LogP contribution in [-0.2, 0) is 0 Å². The first-order chi connectivity index (χ1) is 6.74. The lowest BCUT2D eigenvalue weighted by atomic mass is 10.0. The summed E-state index contributed by atoms with van der Waals surface area (Å²) in [6.45, 7) is 11.7. The molecule has 1 unspecified atom stereocenters. The first-order valence-corrected chi connectivity index (χ1v) is 6.18. The predicted molar refractivity (Wildman–Crippen MR) is 62.6 cm³/mol. The van der Waals surface area contributed by atoms with E-state index in [0.717, 1.165) is 18.5 Å². The van der Waals surface area contributed by atoms with Gasteiger partial charge in [-0.15, -0.1) is 0 Å². The van der Waals surface area contributed by atoms with Crippen LogP contribution >= 0.6 is 0 Å². The summed E-state index contributed by atoms with van der Waals surface area (Å²) >= 11 is 0. The topological polar surface area (TPSA) is 15.3 Å². The quantitative estimate of drug-likeness (QED) is 0.728. The summed E-state index contributed by atoms with van der Waals surface area (Å²) in [6.07, 6.45) is 4.21. The molecule has 14 heavy (non-hydrogen) atoms. The summed E-state index contributed by atoms with van der Waals surface area (Å²) in [5, 5.41) is 3.48. The van der Waals surface area contributed by atoms with Crippen LogP contribution in [0.2, 0.25) is 0 Å². The molecule has 1 atom stereocenters. The number of piperidine rings is 1. The SMILES string of the molecule is CCNCC1CCCCN1CC(C)C. The Balaban J connectivity index is 2.33. The van der Waals surface area contributed by atoms with Gasteiger partial charge in [-0.3, -0.25) is 4.90 Å². The molecule has 1 aliphatic heterocycles. The zero-order chi connectivity index (χ0) is 10.4. The second kappa shape index (κ2) is 6.41. The monoisotopic (exact) mass is 198 g/mol. The van der Waals surface area contributed by atoms with Crippen LogP contribution in [0, 0.1) is 5.92 Å². The third kappa shape index (κ3) is 3.97. The van der Waals surface area contributed by atoms with Gasteiger partial charge in [0.1, 0.15) is 0 Å². The second-order valence-electron chi connectivity index (χ2n) is 4.85. The average Bonchev–Trinajstić information content (AvgIpc) is 2.16. The van der Waals surface area contributed by atoms with Gasteiger partial charge in [0, 0.05) is 19.1 Å². The first-order valence-electron chi connectivity index (χ1n) is 6.18. The molecule has 1 rings (SSSR count). The molecule has 2 heteroatoms. The van der Waals surface area contributed by atoms with Gasteiger partial charge in [0.25, 0.3) is 0 Å². The molecule has 0 aromatic carbocycles. The van der Waals surface area contributed by atoms with Gasteiger partial charge in [-0.05, 0) is 31.8 Å². The Bertz CT molecular complexity index is 145. The fraction of sp³-hybridized carbons (Fsp3) is 1.00. The highest BCUT2D eigenvalue weighted by molar-refractivity contribution is 4.79. The Morgan fingerprint density at radius 1 is 1.36 bits per heavy atom. The van der Waals surface area contributed by atoms with E-state index in [0.29, 0.717) is 0 Å². The molecule has 1 aliphatic rings. The van der Waals surface area contributed by atoms with Crippen LogP contribution in [0.1, 0.15) is 40.0 Å². The van der Waals surface area contributed by atoms with Gasteiger partial charge in [-0.1, -0.05) is 27.2 Å². The fourth-order valence-electron chi connectivity index (χ4n) is 2.31. The maximum absolute atomic E-state index is 3.48. The van der Waals surface area contributed by atoms with Crippen LogP contribution in [0.25, 0.3) is 0 Å². The van der Waals surface area contributed by atoms with Crippen molar-refractivity contribution in [3.05, 3.63) is 0 Å². The van der Waals surface area contributed by atoms with Crippen molar-refractivity contribution in [1.29, 1.82) is 0 Å². The number of hydrogen-bond acceptors (Lipinski definition) is 2. The van der Waals surface area contributed by atoms with E-state index >= 15 is 0 Å². The summed E-state index contributed by atoms with van der Waals surface area (Å²) in [4.78, 5) is 2.68. The minimum Gasteiger partial charge on any atom is -0.315 e. The zero-order valence-electron chi connectivity index (χ0n) is 10.1. The number of likely N-dealkylation sites (tertiary alicyclic amines) is 1. The van der Waals surface area contributed by atoms with Gasteiger partial charge in [0.15, 0.2) is 0 Å². The molecule has 0 saturated carbocycles. The number of rotatable bonds is 5. The van der Waals surface area contributed by atoms with E-state index in [1.165, 1.54) is 38.9 Å². The van der Waals surface area contributed by atoms with E-state index in [1.54, 1.807) is 0 Å². The number of nitrogens with one attached hydrogen (secondary N) is 1. The highest BCUT2D eigenvalue weighted by atomic mass is 15.2. The molecule has 0 aromatic heterocycles. The molecule has 1 heterocycles. The molecule has 0 bridgehead atoms. The summed E-state index contributed by atoms with van der Waals surface area (Å²) in [7, 11) is 0. The van der Waals surface area contributed by atoms with Gasteiger partial charge in [0.05, 0.1) is 0 Å². The summed E-state index contributed by atoms with van der Waals surface area (Å²) in [6, 6.07) is 0.797. The normalized spacial score (nSPS) is 24.4. The summed E-state index contributed by atoms with van der Waals surface area (Å²) < 4.78 is 0. The van der Waals surface area contributed by atoms with E-state index in [2.05, 4.69) is 31.0 Å². The van der Waals surface area contributed by atoms with E-state index in [-0.39, 0.29) is 0 Å². The molecule has 0 aromatic rings. The van der Waals surface area contributed by atoms with Crippen LogP contribution in [0.3, 0.4) is 0 Å². The van der Waals surface area contributed by atoms with Crippen molar-refractivity contribution in [3.8, 4) is 0 Å². The molecule has 0 spiro atoms. The molecule has 0 amide bonds. The van der Waals surface area contributed by atoms with Crippen molar-refractivity contribution >= 4 is 0 Å². The second-order valence-corrected chi connectivity index (χ2v) is 4.85. The van der Waals surface area contributed by atoms with Crippen molar-refractivity contribution in [2.45, 2.75) is 46.1 Å². The third-order valence-electron chi connectivity index (χ3n) is 2.98. The Morgan fingerprint density at radius 3 is 2.79 bits per heavy atom. The predicted octanol–water partition coefficient (Wildman–Crippen LogP) is 2.11. The first kappa shape index (κ1) is 12.0. The van der Waals surface area contributed by atoms with E-state index < -0.39 is 0 Å². The largest absolute Gasteiger partial charge is 0.315 e. The molecule has 1 fully saturated rings. The van der Waals surface area contributed by atoms with E-state index in [9.17, 15) is 0 Å². The van der Waals surface area contributed by atoms with Crippen molar-refractivity contribution in [1.82, 2.24) is 10.2 Å². The van der Waals surface area contributed by atoms with Crippen LogP contribution in [0.5, 0.6) is 0 Å². The van der Waals surface area contributed by atoms with Gasteiger partial charge in [-0.25, -0.2) is 0 Å². The molecule has 0 radical (unpaired) electrons. The smallest absolute Gasteiger partial charge is 0.0220 e. The average molecular weight is 198 g/mol. The van der Waals surface area contributed by atoms with E-state index in [4.69, 9.17) is 0 Å². The van der Waals surface area contributed by atoms with Gasteiger partial charge in [-0.2, -0.15) is 0 Å². The highest BCUT2D eigenvalue weighted by Crippen LogP contribution is 2.17. The van der Waals surface area contributed by atoms with Crippen molar-refractivity contribution < 1.29 is 0 Å². The van der Waals surface area contributed by atoms with Crippen LogP contribution in [0.15, 0.2) is 0 Å². The Labute approximate surface area is 89.1 Å². The van der Waals surface area contributed by atoms with E-state index in [1.807, 2.05) is 0 Å². The minimum absolute atomic E-state index is 0.797. The van der Waals surface area contributed by atoms with Crippen molar-refractivity contribution in [2.24, 2.45) is 5.92 Å². The summed E-state index contributed by atoms with van der Waals surface area (Å²) in [5.41, 5.74) is 0. The molecule has 84 valence electrons. The minimum atomic E-state index is 0.797. The lowest BCUT2D eigenvalue weighted by Gasteiger charge is -2.37. The molecule has 0 aliphatic carbocycles. The highest BCUT2D eigenvalue weighted by Gasteiger charge is 2.21. The zero-order valence-corrected chi connectivity index (χ0v) is 10.1. The van der Waals surface area contributed by atoms with Gasteiger partial charge >= 0.3 is 0 Å². The number of hydrogen-bond donors (Lipinski definition) is 1. The molecular formula is C12H26N2. The van der Waals surface area contributed by atoms with Crippen LogP contribution < -0.4 is 5.32 Å². The van der Waals surface area contributed by atoms with Gasteiger partial charge in [0.2, 0.25) is 0 Å². The Hall–Kier alpha value is -0.0800. The van der Waals surface area contributed by atoms with Crippen molar-refractivity contribution in [2.75, 3.05) is 26.2 Å². The molecular weight excluding hydrogens is 172 g/mol.